The standard InChI is InChI=1S/C9H13NOS/c1-7-9(5-3-4-6-11)12-8(2)10-7/h3,5,11H,4,6H2,1-2H3. The van der Waals surface area contributed by atoms with E-state index in [1.54, 1.807) is 11.3 Å². The molecule has 0 fully saturated rings. The molecule has 0 saturated carbocycles. The number of aliphatic hydroxyl groups is 1. The van der Waals surface area contributed by atoms with Crippen molar-refractivity contribution in [1.82, 2.24) is 4.98 Å². The van der Waals surface area contributed by atoms with Crippen LogP contribution in [-0.4, -0.2) is 16.7 Å². The molecule has 0 aliphatic rings. The summed E-state index contributed by atoms with van der Waals surface area (Å²) in [6, 6.07) is 0. The molecule has 0 radical (unpaired) electrons. The summed E-state index contributed by atoms with van der Waals surface area (Å²) in [5.74, 6) is 0. The molecule has 0 spiro atoms. The molecule has 0 atom stereocenters. The second-order valence-corrected chi connectivity index (χ2v) is 3.83. The van der Waals surface area contributed by atoms with Crippen LogP contribution in [0.5, 0.6) is 0 Å². The van der Waals surface area contributed by atoms with Gasteiger partial charge in [-0.15, -0.1) is 11.3 Å². The molecule has 1 aromatic heterocycles. The molecule has 0 aliphatic carbocycles. The average Bonchev–Trinajstić information content (AvgIpc) is 2.31. The van der Waals surface area contributed by atoms with Crippen molar-refractivity contribution in [3.05, 3.63) is 21.7 Å². The summed E-state index contributed by atoms with van der Waals surface area (Å²) in [4.78, 5) is 5.49. The summed E-state index contributed by atoms with van der Waals surface area (Å²) in [6.45, 7) is 4.22. The SMILES string of the molecule is Cc1nc(C)c(C=CCCO)s1. The molecule has 1 aromatic rings. The van der Waals surface area contributed by atoms with Gasteiger partial charge in [-0.3, -0.25) is 0 Å². The van der Waals surface area contributed by atoms with Crippen molar-refractivity contribution < 1.29 is 5.11 Å². The summed E-state index contributed by atoms with van der Waals surface area (Å²) < 4.78 is 0. The van der Waals surface area contributed by atoms with Crippen LogP contribution in [0.1, 0.15) is 22.0 Å². The largest absolute Gasteiger partial charge is 0.396 e. The monoisotopic (exact) mass is 183 g/mol. The van der Waals surface area contributed by atoms with E-state index in [0.29, 0.717) is 0 Å². The van der Waals surface area contributed by atoms with Crippen LogP contribution in [0.15, 0.2) is 6.08 Å². The van der Waals surface area contributed by atoms with Gasteiger partial charge in [0.1, 0.15) is 0 Å². The number of hydrogen-bond acceptors (Lipinski definition) is 3. The molecule has 2 nitrogen and oxygen atoms in total. The maximum absolute atomic E-state index is 8.56. The predicted octanol–water partition coefficient (Wildman–Crippen LogP) is 2.16. The minimum atomic E-state index is 0.216. The number of nitrogens with zero attached hydrogens (tertiary/aromatic N) is 1. The van der Waals surface area contributed by atoms with Gasteiger partial charge in [0.15, 0.2) is 0 Å². The van der Waals surface area contributed by atoms with Crippen molar-refractivity contribution in [2.24, 2.45) is 0 Å². The Hall–Kier alpha value is -0.670. The molecular formula is C9H13NOS. The molecule has 3 heteroatoms. The first-order valence-electron chi connectivity index (χ1n) is 3.95. The number of aliphatic hydroxyl groups excluding tert-OH is 1. The van der Waals surface area contributed by atoms with Gasteiger partial charge in [0.2, 0.25) is 0 Å². The lowest BCUT2D eigenvalue weighted by Crippen LogP contribution is -1.76. The Morgan fingerprint density at radius 3 is 2.75 bits per heavy atom. The van der Waals surface area contributed by atoms with Crippen LogP contribution in [0.25, 0.3) is 6.08 Å². The normalized spacial score (nSPS) is 11.2. The van der Waals surface area contributed by atoms with Gasteiger partial charge < -0.3 is 5.11 Å². The Labute approximate surface area is 76.6 Å². The second-order valence-electron chi connectivity index (χ2n) is 2.60. The fourth-order valence-electron chi connectivity index (χ4n) is 0.967. The predicted molar refractivity (Wildman–Crippen MR) is 52.3 cm³/mol. The van der Waals surface area contributed by atoms with Gasteiger partial charge >= 0.3 is 0 Å². The zero-order valence-corrected chi connectivity index (χ0v) is 8.19. The summed E-state index contributed by atoms with van der Waals surface area (Å²) >= 11 is 1.69. The van der Waals surface area contributed by atoms with Crippen LogP contribution >= 0.6 is 11.3 Å². The minimum absolute atomic E-state index is 0.216. The first-order chi connectivity index (χ1) is 5.74. The molecule has 0 aliphatic heterocycles. The second kappa shape index (κ2) is 4.38. The highest BCUT2D eigenvalue weighted by atomic mass is 32.1. The summed E-state index contributed by atoms with van der Waals surface area (Å²) in [5.41, 5.74) is 1.08. The summed E-state index contributed by atoms with van der Waals surface area (Å²) in [7, 11) is 0. The molecule has 0 amide bonds. The van der Waals surface area contributed by atoms with E-state index in [-0.39, 0.29) is 6.61 Å². The van der Waals surface area contributed by atoms with Gasteiger partial charge in [-0.2, -0.15) is 0 Å². The fraction of sp³-hybridized carbons (Fsp3) is 0.444. The van der Waals surface area contributed by atoms with Crippen molar-refractivity contribution in [2.45, 2.75) is 20.3 Å². The number of rotatable bonds is 3. The first-order valence-corrected chi connectivity index (χ1v) is 4.77. The molecule has 1 N–H and O–H groups in total. The van der Waals surface area contributed by atoms with Crippen LogP contribution < -0.4 is 0 Å². The first kappa shape index (κ1) is 9.42. The molecule has 0 aromatic carbocycles. The van der Waals surface area contributed by atoms with Crippen LogP contribution in [0, 0.1) is 13.8 Å². The van der Waals surface area contributed by atoms with Crippen LogP contribution in [0.2, 0.25) is 0 Å². The molecular weight excluding hydrogens is 170 g/mol. The molecule has 1 heterocycles. The Morgan fingerprint density at radius 2 is 2.25 bits per heavy atom. The maximum atomic E-state index is 8.56. The lowest BCUT2D eigenvalue weighted by molar-refractivity contribution is 0.303. The van der Waals surface area contributed by atoms with Crippen LogP contribution in [0.3, 0.4) is 0 Å². The smallest absolute Gasteiger partial charge is 0.0903 e. The Morgan fingerprint density at radius 1 is 1.50 bits per heavy atom. The van der Waals surface area contributed by atoms with E-state index in [2.05, 4.69) is 4.98 Å². The van der Waals surface area contributed by atoms with E-state index in [9.17, 15) is 0 Å². The zero-order valence-electron chi connectivity index (χ0n) is 7.37. The quantitative estimate of drug-likeness (QED) is 0.779. The van der Waals surface area contributed by atoms with Gasteiger partial charge in [0, 0.05) is 11.5 Å². The van der Waals surface area contributed by atoms with Gasteiger partial charge in [-0.25, -0.2) is 4.98 Å². The van der Waals surface area contributed by atoms with E-state index >= 15 is 0 Å². The third kappa shape index (κ3) is 2.43. The maximum Gasteiger partial charge on any atom is 0.0903 e. The average molecular weight is 183 g/mol. The Balaban J connectivity index is 2.68. The van der Waals surface area contributed by atoms with E-state index < -0.39 is 0 Å². The summed E-state index contributed by atoms with van der Waals surface area (Å²) in [5, 5.41) is 9.65. The van der Waals surface area contributed by atoms with Crippen LogP contribution in [-0.2, 0) is 0 Å². The Kier molecular flexibility index (Phi) is 3.44. The van der Waals surface area contributed by atoms with E-state index in [1.807, 2.05) is 26.0 Å². The minimum Gasteiger partial charge on any atom is -0.396 e. The lowest BCUT2D eigenvalue weighted by Gasteiger charge is -1.86. The number of thiazole rings is 1. The molecule has 0 unspecified atom stereocenters. The molecule has 0 saturated heterocycles. The molecule has 66 valence electrons. The third-order valence-corrected chi connectivity index (χ3v) is 2.54. The van der Waals surface area contributed by atoms with Gasteiger partial charge in [0.05, 0.1) is 10.7 Å². The van der Waals surface area contributed by atoms with Crippen molar-refractivity contribution in [3.8, 4) is 0 Å². The van der Waals surface area contributed by atoms with E-state index in [4.69, 9.17) is 5.11 Å². The van der Waals surface area contributed by atoms with E-state index in [0.717, 1.165) is 17.1 Å². The highest BCUT2D eigenvalue weighted by Crippen LogP contribution is 2.18. The third-order valence-electron chi connectivity index (χ3n) is 1.50. The van der Waals surface area contributed by atoms with Gasteiger partial charge in [0.25, 0.3) is 0 Å². The van der Waals surface area contributed by atoms with Crippen molar-refractivity contribution in [1.29, 1.82) is 0 Å². The van der Waals surface area contributed by atoms with Gasteiger partial charge in [-0.1, -0.05) is 6.08 Å². The molecule has 0 bridgehead atoms. The lowest BCUT2D eigenvalue weighted by atomic mass is 10.3. The molecule has 1 rings (SSSR count). The van der Waals surface area contributed by atoms with Crippen LogP contribution in [0.4, 0.5) is 0 Å². The fourth-order valence-corrected chi connectivity index (χ4v) is 1.83. The zero-order chi connectivity index (χ0) is 8.97. The highest BCUT2D eigenvalue weighted by Gasteiger charge is 1.99. The number of hydrogen-bond donors (Lipinski definition) is 1. The molecule has 12 heavy (non-hydrogen) atoms. The number of aryl methyl sites for hydroxylation is 2. The highest BCUT2D eigenvalue weighted by molar-refractivity contribution is 7.12. The Bertz CT molecular complexity index is 278. The van der Waals surface area contributed by atoms with Crippen molar-refractivity contribution >= 4 is 17.4 Å². The topological polar surface area (TPSA) is 33.1 Å². The summed E-state index contributed by atoms with van der Waals surface area (Å²) in [6.07, 6.45) is 4.71. The number of aromatic nitrogens is 1. The van der Waals surface area contributed by atoms with Crippen molar-refractivity contribution in [3.63, 3.8) is 0 Å². The van der Waals surface area contributed by atoms with Crippen molar-refractivity contribution in [2.75, 3.05) is 6.61 Å². The van der Waals surface area contributed by atoms with E-state index in [1.165, 1.54) is 4.88 Å². The van der Waals surface area contributed by atoms with Gasteiger partial charge in [-0.05, 0) is 26.3 Å².